The molecule has 0 bridgehead atoms. The fourth-order valence-electron chi connectivity index (χ4n) is 9.06. The maximum absolute atomic E-state index is 2.61. The van der Waals surface area contributed by atoms with Crippen LogP contribution >= 0.6 is 0 Å². The molecule has 44 heavy (non-hydrogen) atoms. The minimum absolute atomic E-state index is 0.275. The Kier molecular flexibility index (Phi) is 6.50. The average Bonchev–Trinajstić information content (AvgIpc) is 3.45. The van der Waals surface area contributed by atoms with Crippen molar-refractivity contribution in [1.29, 1.82) is 0 Å². The van der Waals surface area contributed by atoms with Gasteiger partial charge in [-0.15, -0.1) is 0 Å². The van der Waals surface area contributed by atoms with Crippen molar-refractivity contribution in [2.75, 3.05) is 4.90 Å². The van der Waals surface area contributed by atoms with E-state index in [1.165, 1.54) is 125 Å². The van der Waals surface area contributed by atoms with Crippen LogP contribution in [0.4, 0.5) is 17.1 Å². The van der Waals surface area contributed by atoms with Gasteiger partial charge in [0.05, 0.1) is 0 Å². The molecule has 0 spiro atoms. The van der Waals surface area contributed by atoms with Crippen LogP contribution in [0.5, 0.6) is 0 Å². The molecule has 2 aliphatic heterocycles. The van der Waals surface area contributed by atoms with E-state index in [1.54, 1.807) is 5.56 Å². The van der Waals surface area contributed by atoms with Crippen molar-refractivity contribution in [3.63, 3.8) is 0 Å². The molecule has 2 heterocycles. The molecule has 0 saturated heterocycles. The van der Waals surface area contributed by atoms with E-state index in [2.05, 4.69) is 114 Å². The van der Waals surface area contributed by atoms with Crippen molar-refractivity contribution in [2.24, 2.45) is 0 Å². The van der Waals surface area contributed by atoms with Crippen molar-refractivity contribution >= 4 is 40.2 Å². The molecule has 0 radical (unpaired) electrons. The van der Waals surface area contributed by atoms with Gasteiger partial charge in [-0.3, -0.25) is 0 Å². The Labute approximate surface area is 263 Å². The van der Waals surface area contributed by atoms with E-state index < -0.39 is 0 Å². The molecular formula is C42H40BN. The third kappa shape index (κ3) is 4.29. The topological polar surface area (TPSA) is 3.24 Å². The molecular weight excluding hydrogens is 529 g/mol. The normalized spacial score (nSPS) is 17.7. The predicted octanol–water partition coefficient (Wildman–Crippen LogP) is 9.73. The Bertz CT molecular complexity index is 1830. The summed E-state index contributed by atoms with van der Waals surface area (Å²) in [4.78, 5) is 2.60. The summed E-state index contributed by atoms with van der Waals surface area (Å²) in [7, 11) is 0. The summed E-state index contributed by atoms with van der Waals surface area (Å²) in [5.41, 5.74) is 16.8. The highest BCUT2D eigenvalue weighted by Crippen LogP contribution is 2.44. The molecule has 2 saturated carbocycles. The van der Waals surface area contributed by atoms with Crippen LogP contribution < -0.4 is 21.3 Å². The summed E-state index contributed by atoms with van der Waals surface area (Å²) >= 11 is 0. The lowest BCUT2D eigenvalue weighted by molar-refractivity contribution is 0.443. The van der Waals surface area contributed by atoms with Crippen LogP contribution in [0.3, 0.4) is 0 Å². The van der Waals surface area contributed by atoms with Crippen molar-refractivity contribution in [3.8, 4) is 22.3 Å². The summed E-state index contributed by atoms with van der Waals surface area (Å²) in [5.74, 6) is 1.41. The highest BCUT2D eigenvalue weighted by molar-refractivity contribution is 7.01. The van der Waals surface area contributed by atoms with Crippen LogP contribution in [0.1, 0.15) is 87.2 Å². The molecule has 2 heteroatoms. The van der Waals surface area contributed by atoms with Crippen LogP contribution in [0, 0.1) is 0 Å². The van der Waals surface area contributed by atoms with Gasteiger partial charge in [0.25, 0.3) is 0 Å². The number of rotatable bonds is 4. The highest BCUT2D eigenvalue weighted by atomic mass is 15.2. The van der Waals surface area contributed by atoms with Crippen molar-refractivity contribution in [1.82, 2.24) is 0 Å². The van der Waals surface area contributed by atoms with Gasteiger partial charge in [0.2, 0.25) is 6.71 Å². The average molecular weight is 570 g/mol. The van der Waals surface area contributed by atoms with Gasteiger partial charge >= 0.3 is 0 Å². The summed E-state index contributed by atoms with van der Waals surface area (Å²) in [5, 5.41) is 0. The van der Waals surface area contributed by atoms with Crippen molar-refractivity contribution < 1.29 is 0 Å². The second kappa shape index (κ2) is 10.8. The second-order valence-corrected chi connectivity index (χ2v) is 13.8. The first kappa shape index (κ1) is 26.4. The molecule has 2 aliphatic carbocycles. The molecule has 0 atom stereocenters. The van der Waals surface area contributed by atoms with Crippen LogP contribution in [0.15, 0.2) is 109 Å². The van der Waals surface area contributed by atoms with Crippen molar-refractivity contribution in [2.45, 2.75) is 76.0 Å². The van der Waals surface area contributed by atoms with E-state index in [4.69, 9.17) is 0 Å². The van der Waals surface area contributed by atoms with Crippen LogP contribution in [0.2, 0.25) is 0 Å². The van der Waals surface area contributed by atoms with Crippen LogP contribution in [-0.2, 0) is 0 Å². The largest absolute Gasteiger partial charge is 0.311 e. The fourth-order valence-corrected chi connectivity index (χ4v) is 9.06. The van der Waals surface area contributed by atoms with Gasteiger partial charge in [0, 0.05) is 17.1 Å². The Hall–Kier alpha value is -4.04. The van der Waals surface area contributed by atoms with Gasteiger partial charge in [-0.25, -0.2) is 0 Å². The van der Waals surface area contributed by atoms with Gasteiger partial charge in [-0.1, -0.05) is 123 Å². The molecule has 5 aromatic carbocycles. The monoisotopic (exact) mass is 569 g/mol. The number of benzene rings is 5. The van der Waals surface area contributed by atoms with Gasteiger partial charge in [0.15, 0.2) is 0 Å². The zero-order valence-electron chi connectivity index (χ0n) is 25.6. The number of fused-ring (bicyclic) bond motifs is 5. The molecule has 1 nitrogen and oxygen atoms in total. The predicted molar refractivity (Wildman–Crippen MR) is 188 cm³/mol. The minimum Gasteiger partial charge on any atom is -0.311 e. The summed E-state index contributed by atoms with van der Waals surface area (Å²) in [6, 6.07) is 42.3. The number of anilines is 3. The zero-order chi connectivity index (χ0) is 29.0. The van der Waals surface area contributed by atoms with E-state index in [1.807, 2.05) is 0 Å². The van der Waals surface area contributed by atoms with E-state index >= 15 is 0 Å². The zero-order valence-corrected chi connectivity index (χ0v) is 25.6. The SMILES string of the molecule is c1ccc(-c2cc3c4c(c2)N(c2ccc(C5CCCCC5)cc2)c2ccc(C5CCCCC5)cc2B4c2ccccc2-3)cc1. The molecule has 216 valence electrons. The molecule has 0 N–H and O–H groups in total. The van der Waals surface area contributed by atoms with Gasteiger partial charge in [-0.2, -0.15) is 0 Å². The molecule has 9 rings (SSSR count). The Balaban J connectivity index is 1.26. The molecule has 0 amide bonds. The first-order chi connectivity index (χ1) is 21.8. The lowest BCUT2D eigenvalue weighted by Gasteiger charge is -2.37. The molecule has 5 aromatic rings. The summed E-state index contributed by atoms with van der Waals surface area (Å²) in [6.07, 6.45) is 13.6. The van der Waals surface area contributed by atoms with Gasteiger partial charge in [0.1, 0.15) is 0 Å². The number of hydrogen-bond acceptors (Lipinski definition) is 1. The van der Waals surface area contributed by atoms with E-state index in [-0.39, 0.29) is 6.71 Å². The standard InChI is InChI=1S/C42H40BN/c1-4-12-29(13-5-1)32-20-23-35(24-21-32)44-40-25-22-33(30-14-6-2-7-15-30)27-39(40)43-38-19-11-10-18-36(38)37-26-34(28-41(44)42(37)43)31-16-8-3-9-17-31/h3,8-11,16-30H,1-2,4-7,12-15H2. The van der Waals surface area contributed by atoms with E-state index in [0.29, 0.717) is 11.8 Å². The van der Waals surface area contributed by atoms with Gasteiger partial charge < -0.3 is 4.90 Å². The Morgan fingerprint density at radius 1 is 0.477 bits per heavy atom. The lowest BCUT2D eigenvalue weighted by atomic mass is 9.37. The van der Waals surface area contributed by atoms with E-state index in [0.717, 1.165) is 0 Å². The Morgan fingerprint density at radius 2 is 1.14 bits per heavy atom. The molecule has 4 aliphatic rings. The Morgan fingerprint density at radius 3 is 1.89 bits per heavy atom. The first-order valence-electron chi connectivity index (χ1n) is 17.2. The maximum atomic E-state index is 2.61. The third-order valence-electron chi connectivity index (χ3n) is 11.3. The van der Waals surface area contributed by atoms with Crippen LogP contribution in [0.25, 0.3) is 22.3 Å². The minimum atomic E-state index is 0.275. The molecule has 0 aromatic heterocycles. The number of hydrogen-bond donors (Lipinski definition) is 0. The lowest BCUT2D eigenvalue weighted by Crippen LogP contribution is -2.54. The van der Waals surface area contributed by atoms with Crippen molar-refractivity contribution in [3.05, 3.63) is 120 Å². The quantitative estimate of drug-likeness (QED) is 0.191. The van der Waals surface area contributed by atoms with E-state index in [9.17, 15) is 0 Å². The first-order valence-corrected chi connectivity index (χ1v) is 17.2. The summed E-state index contributed by atoms with van der Waals surface area (Å²) in [6.45, 7) is 0.275. The fraction of sp³-hybridized carbons (Fsp3) is 0.286. The summed E-state index contributed by atoms with van der Waals surface area (Å²) < 4.78 is 0. The smallest absolute Gasteiger partial charge is 0.248 e. The molecule has 0 unspecified atom stereocenters. The second-order valence-electron chi connectivity index (χ2n) is 13.8. The number of nitrogens with zero attached hydrogens (tertiary/aromatic N) is 1. The molecule has 2 fully saturated rings. The highest BCUT2D eigenvalue weighted by Gasteiger charge is 2.43. The van der Waals surface area contributed by atoms with Gasteiger partial charge in [-0.05, 0) is 112 Å². The maximum Gasteiger partial charge on any atom is 0.248 e. The van der Waals surface area contributed by atoms with Crippen LogP contribution in [-0.4, -0.2) is 6.71 Å². The third-order valence-corrected chi connectivity index (χ3v) is 11.3.